The Morgan fingerprint density at radius 3 is 2.63 bits per heavy atom. The summed E-state index contributed by atoms with van der Waals surface area (Å²) in [6, 6.07) is 13.7. The van der Waals surface area contributed by atoms with Gasteiger partial charge in [0.2, 0.25) is 23.6 Å². The van der Waals surface area contributed by atoms with E-state index in [1.807, 2.05) is 0 Å². The van der Waals surface area contributed by atoms with Crippen molar-refractivity contribution in [3.63, 3.8) is 0 Å². The fourth-order valence-electron chi connectivity index (χ4n) is 3.92. The zero-order chi connectivity index (χ0) is 25.1. The monoisotopic (exact) mass is 498 g/mol. The third-order valence-electron chi connectivity index (χ3n) is 5.63. The molecule has 182 valence electrons. The summed E-state index contributed by atoms with van der Waals surface area (Å²) < 4.78 is 6.47. The lowest BCUT2D eigenvalue weighted by atomic mass is 9.97. The molecule has 1 unspecified atom stereocenters. The fourth-order valence-corrected chi connectivity index (χ4v) is 4.11. The predicted octanol–water partition coefficient (Wildman–Crippen LogP) is 2.90. The number of aromatic nitrogens is 1. The van der Waals surface area contributed by atoms with Gasteiger partial charge < -0.3 is 25.6 Å². The lowest BCUT2D eigenvalue weighted by Gasteiger charge is -2.22. The lowest BCUT2D eigenvalue weighted by molar-refractivity contribution is -0.133. The Hall–Kier alpha value is -4.18. The summed E-state index contributed by atoms with van der Waals surface area (Å²) in [7, 11) is 1.49. The maximum Gasteiger partial charge on any atom is 0.329 e. The first-order valence-corrected chi connectivity index (χ1v) is 11.1. The van der Waals surface area contributed by atoms with Crippen LogP contribution in [0.3, 0.4) is 0 Å². The van der Waals surface area contributed by atoms with E-state index in [1.165, 1.54) is 7.11 Å². The van der Waals surface area contributed by atoms with Gasteiger partial charge in [-0.15, -0.1) is 0 Å². The Kier molecular flexibility index (Phi) is 6.83. The zero-order valence-corrected chi connectivity index (χ0v) is 19.5. The third-order valence-corrected chi connectivity index (χ3v) is 5.86. The summed E-state index contributed by atoms with van der Waals surface area (Å²) in [6.45, 7) is -0.479. The normalized spacial score (nSPS) is 15.9. The van der Waals surface area contributed by atoms with E-state index in [0.717, 1.165) is 15.5 Å². The van der Waals surface area contributed by atoms with Crippen LogP contribution in [0.4, 0.5) is 10.5 Å². The van der Waals surface area contributed by atoms with E-state index in [1.54, 1.807) is 48.5 Å². The molecule has 2 heterocycles. The number of urea groups is 1. The van der Waals surface area contributed by atoms with Gasteiger partial charge in [0.1, 0.15) is 18.0 Å². The molecule has 4 rings (SSSR count). The number of rotatable bonds is 5. The number of halogens is 1. The number of carbonyl (C=O) groups excluding carboxylic acids is 3. The molecule has 3 aromatic rings. The SMILES string of the molecule is COc1ccc(Cl)cc1CC1CNC(=O)CN(C(=O)Nc2cc(O)n(-c3ccccc3)c2O)C1=O. The van der Waals surface area contributed by atoms with Gasteiger partial charge in [-0.25, -0.2) is 9.36 Å². The largest absolute Gasteiger partial charge is 0.496 e. The molecule has 35 heavy (non-hydrogen) atoms. The summed E-state index contributed by atoms with van der Waals surface area (Å²) in [5, 5.41) is 26.4. The van der Waals surface area contributed by atoms with Crippen LogP contribution in [-0.2, 0) is 16.0 Å². The fraction of sp³-hybridized carbons (Fsp3) is 0.208. The van der Waals surface area contributed by atoms with Crippen molar-refractivity contribution in [1.29, 1.82) is 0 Å². The van der Waals surface area contributed by atoms with Crippen LogP contribution in [0.5, 0.6) is 17.5 Å². The highest BCUT2D eigenvalue weighted by Gasteiger charge is 2.35. The van der Waals surface area contributed by atoms with E-state index in [4.69, 9.17) is 16.3 Å². The Balaban J connectivity index is 1.57. The van der Waals surface area contributed by atoms with Crippen molar-refractivity contribution >= 4 is 35.1 Å². The number of methoxy groups -OCH3 is 1. The van der Waals surface area contributed by atoms with Gasteiger partial charge in [-0.1, -0.05) is 29.8 Å². The van der Waals surface area contributed by atoms with Crippen LogP contribution < -0.4 is 15.4 Å². The molecular formula is C24H23ClN4O6. The molecule has 1 aliphatic heterocycles. The number of aromatic hydroxyl groups is 2. The van der Waals surface area contributed by atoms with Crippen LogP contribution >= 0.6 is 11.6 Å². The van der Waals surface area contributed by atoms with Gasteiger partial charge in [0.25, 0.3) is 0 Å². The van der Waals surface area contributed by atoms with Gasteiger partial charge in [-0.05, 0) is 42.3 Å². The van der Waals surface area contributed by atoms with E-state index in [2.05, 4.69) is 10.6 Å². The second-order valence-electron chi connectivity index (χ2n) is 7.93. The van der Waals surface area contributed by atoms with Crippen molar-refractivity contribution in [2.24, 2.45) is 5.92 Å². The zero-order valence-electron chi connectivity index (χ0n) is 18.7. The van der Waals surface area contributed by atoms with Crippen molar-refractivity contribution in [1.82, 2.24) is 14.8 Å². The van der Waals surface area contributed by atoms with Gasteiger partial charge in [-0.2, -0.15) is 0 Å². The molecule has 10 nitrogen and oxygen atoms in total. The number of ether oxygens (including phenoxy) is 1. The highest BCUT2D eigenvalue weighted by molar-refractivity contribution is 6.30. The number of hydrogen-bond donors (Lipinski definition) is 4. The first-order chi connectivity index (χ1) is 16.8. The smallest absolute Gasteiger partial charge is 0.329 e. The lowest BCUT2D eigenvalue weighted by Crippen LogP contribution is -2.44. The Labute approximate surface area is 205 Å². The van der Waals surface area contributed by atoms with Crippen LogP contribution in [0.1, 0.15) is 5.56 Å². The molecule has 0 aliphatic carbocycles. The molecule has 1 aromatic heterocycles. The Morgan fingerprint density at radius 1 is 1.17 bits per heavy atom. The second-order valence-corrected chi connectivity index (χ2v) is 8.36. The molecule has 1 atom stereocenters. The minimum atomic E-state index is -0.921. The van der Waals surface area contributed by atoms with Crippen LogP contribution in [0, 0.1) is 5.92 Å². The van der Waals surface area contributed by atoms with Crippen LogP contribution in [0.2, 0.25) is 5.02 Å². The number of para-hydroxylation sites is 1. The van der Waals surface area contributed by atoms with E-state index >= 15 is 0 Å². The van der Waals surface area contributed by atoms with Crippen LogP contribution in [0.15, 0.2) is 54.6 Å². The molecule has 1 fully saturated rings. The number of hydrogen-bond acceptors (Lipinski definition) is 6. The quantitative estimate of drug-likeness (QED) is 0.427. The number of amides is 4. The molecule has 4 N–H and O–H groups in total. The van der Waals surface area contributed by atoms with Crippen LogP contribution in [-0.4, -0.2) is 57.7 Å². The second kappa shape index (κ2) is 9.98. The van der Waals surface area contributed by atoms with Gasteiger partial charge in [-0.3, -0.25) is 14.5 Å². The first-order valence-electron chi connectivity index (χ1n) is 10.7. The highest BCUT2D eigenvalue weighted by Crippen LogP contribution is 2.35. The number of imide groups is 1. The summed E-state index contributed by atoms with van der Waals surface area (Å²) in [5.41, 5.74) is 0.989. The van der Waals surface area contributed by atoms with Crippen LogP contribution in [0.25, 0.3) is 5.69 Å². The third kappa shape index (κ3) is 5.02. The summed E-state index contributed by atoms with van der Waals surface area (Å²) in [4.78, 5) is 39.3. The first kappa shape index (κ1) is 24.0. The van der Waals surface area contributed by atoms with E-state index < -0.39 is 36.2 Å². The average molecular weight is 499 g/mol. The number of benzene rings is 2. The minimum absolute atomic E-state index is 0.0214. The van der Waals surface area contributed by atoms with Gasteiger partial charge in [0.05, 0.1) is 18.7 Å². The number of nitrogens with zero attached hydrogens (tertiary/aromatic N) is 2. The molecule has 1 aliphatic rings. The molecular weight excluding hydrogens is 476 g/mol. The van der Waals surface area contributed by atoms with Gasteiger partial charge >= 0.3 is 6.03 Å². The van der Waals surface area contributed by atoms with Crippen molar-refractivity contribution < 1.29 is 29.3 Å². The summed E-state index contributed by atoms with van der Waals surface area (Å²) in [6.07, 6.45) is 0.170. The van der Waals surface area contributed by atoms with Crippen molar-refractivity contribution in [3.8, 4) is 23.2 Å². The molecule has 0 saturated carbocycles. The molecule has 0 spiro atoms. The Bertz CT molecular complexity index is 1280. The summed E-state index contributed by atoms with van der Waals surface area (Å²) >= 11 is 6.10. The number of carbonyl (C=O) groups is 3. The molecule has 0 radical (unpaired) electrons. The number of nitrogens with one attached hydrogen (secondary N) is 2. The topological polar surface area (TPSA) is 133 Å². The molecule has 11 heteroatoms. The number of anilines is 1. The molecule has 4 amide bonds. The van der Waals surface area contributed by atoms with Crippen molar-refractivity contribution in [3.05, 3.63) is 65.2 Å². The highest BCUT2D eigenvalue weighted by atomic mass is 35.5. The summed E-state index contributed by atoms with van der Waals surface area (Å²) in [5.74, 6) is -2.10. The van der Waals surface area contributed by atoms with Gasteiger partial charge in [0.15, 0.2) is 0 Å². The maximum atomic E-state index is 13.3. The van der Waals surface area contributed by atoms with Gasteiger partial charge in [0, 0.05) is 17.6 Å². The van der Waals surface area contributed by atoms with Crippen molar-refractivity contribution in [2.45, 2.75) is 6.42 Å². The average Bonchev–Trinajstić information content (AvgIpc) is 3.03. The standard InChI is InChI=1S/C24H23ClN4O6/c1-35-19-8-7-16(25)10-14(19)9-15-12-26-20(30)13-28(22(15)32)24(34)27-18-11-21(31)29(23(18)33)17-5-3-2-4-6-17/h2-8,10-11,15,31,33H,9,12-13H2,1H3,(H,26,30)(H,27,34). The van der Waals surface area contributed by atoms with E-state index in [-0.39, 0.29) is 24.5 Å². The molecule has 1 saturated heterocycles. The van der Waals surface area contributed by atoms with E-state index in [9.17, 15) is 24.6 Å². The maximum absolute atomic E-state index is 13.3. The van der Waals surface area contributed by atoms with Crippen molar-refractivity contribution in [2.75, 3.05) is 25.5 Å². The molecule has 2 aromatic carbocycles. The van der Waals surface area contributed by atoms with E-state index in [0.29, 0.717) is 22.0 Å². The Morgan fingerprint density at radius 2 is 1.91 bits per heavy atom. The predicted molar refractivity (Wildman–Crippen MR) is 128 cm³/mol. The molecule has 0 bridgehead atoms. The minimum Gasteiger partial charge on any atom is -0.496 e.